The molecule has 1 unspecified atom stereocenters. The van der Waals surface area contributed by atoms with Crippen molar-refractivity contribution in [2.75, 3.05) is 6.66 Å². The lowest BCUT2D eigenvalue weighted by atomic mass is 10.4. The summed E-state index contributed by atoms with van der Waals surface area (Å²) in [5.41, 5.74) is 1.55. The fourth-order valence-electron chi connectivity index (χ4n) is 1.01. The van der Waals surface area contributed by atoms with Gasteiger partial charge in [0.2, 0.25) is 0 Å². The minimum absolute atomic E-state index is 0.685. The number of nitrogens with zero attached hydrogens (tertiary/aromatic N) is 2. The molecule has 0 bridgehead atoms. The summed E-state index contributed by atoms with van der Waals surface area (Å²) in [5, 5.41) is 8.56. The van der Waals surface area contributed by atoms with E-state index in [2.05, 4.69) is 20.3 Å². The Balaban J connectivity index is 0.000000336. The zero-order chi connectivity index (χ0) is 8.97. The molecule has 0 fully saturated rings. The van der Waals surface area contributed by atoms with Gasteiger partial charge in [0.15, 0.2) is 0 Å². The molecule has 0 aliphatic carbocycles. The van der Waals surface area contributed by atoms with E-state index >= 15 is 0 Å². The van der Waals surface area contributed by atoms with Crippen molar-refractivity contribution in [2.24, 2.45) is 0 Å². The van der Waals surface area contributed by atoms with Crippen molar-refractivity contribution in [3.63, 3.8) is 0 Å². The molecule has 12 heavy (non-hydrogen) atoms. The third-order valence-electron chi connectivity index (χ3n) is 1.49. The van der Waals surface area contributed by atoms with Crippen LogP contribution in [0.1, 0.15) is 5.56 Å². The monoisotopic (exact) mass is 179 g/mol. The molecule has 2 aromatic heterocycles. The van der Waals surface area contributed by atoms with Crippen LogP contribution in [-0.4, -0.2) is 16.0 Å². The van der Waals surface area contributed by atoms with Crippen molar-refractivity contribution in [1.29, 1.82) is 5.26 Å². The van der Waals surface area contributed by atoms with Gasteiger partial charge in [-0.2, -0.15) is 5.26 Å². The number of imidazole rings is 1. The minimum atomic E-state index is 0.685. The van der Waals surface area contributed by atoms with Crippen LogP contribution < -0.4 is 0 Å². The summed E-state index contributed by atoms with van der Waals surface area (Å²) in [6.07, 6.45) is 5.52. The molecule has 0 aromatic carbocycles. The Labute approximate surface area is 73.2 Å². The first-order chi connectivity index (χ1) is 5.92. The molecule has 0 aliphatic heterocycles. The van der Waals surface area contributed by atoms with Gasteiger partial charge >= 0.3 is 0 Å². The van der Waals surface area contributed by atoms with Gasteiger partial charge in [0.05, 0.1) is 5.56 Å². The predicted octanol–water partition coefficient (Wildman–Crippen LogP) is 1.63. The van der Waals surface area contributed by atoms with Gasteiger partial charge in [0.25, 0.3) is 0 Å². The molecule has 4 heteroatoms. The first-order valence-corrected chi connectivity index (χ1v) is 4.69. The number of H-pyrrole nitrogens is 1. The van der Waals surface area contributed by atoms with E-state index in [0.29, 0.717) is 5.56 Å². The average Bonchev–Trinajstić information content (AvgIpc) is 2.67. The fraction of sp³-hybridized carbons (Fsp3) is 0.125. The number of nitriles is 1. The molecule has 3 nitrogen and oxygen atoms in total. The summed E-state index contributed by atoms with van der Waals surface area (Å²) in [6.45, 7) is 1.92. The molecular weight excluding hydrogens is 169 g/mol. The molecule has 0 saturated heterocycles. The highest BCUT2D eigenvalue weighted by molar-refractivity contribution is 7.15. The van der Waals surface area contributed by atoms with Crippen LogP contribution in [0.3, 0.4) is 0 Å². The van der Waals surface area contributed by atoms with Crippen LogP contribution in [0.25, 0.3) is 5.65 Å². The van der Waals surface area contributed by atoms with E-state index in [1.54, 1.807) is 12.3 Å². The quantitative estimate of drug-likeness (QED) is 0.614. The summed E-state index contributed by atoms with van der Waals surface area (Å²) in [5.74, 6) is 0. The van der Waals surface area contributed by atoms with Gasteiger partial charge in [-0.3, -0.25) is 0 Å². The van der Waals surface area contributed by atoms with Crippen LogP contribution >= 0.6 is 9.24 Å². The Kier molecular flexibility index (Phi) is 2.90. The Morgan fingerprint density at radius 3 is 2.92 bits per heavy atom. The van der Waals surface area contributed by atoms with Gasteiger partial charge in [-0.1, -0.05) is 6.66 Å². The van der Waals surface area contributed by atoms with Crippen LogP contribution in [0.5, 0.6) is 0 Å². The van der Waals surface area contributed by atoms with E-state index in [1.165, 1.54) is 0 Å². The zero-order valence-electron chi connectivity index (χ0n) is 6.78. The lowest BCUT2D eigenvalue weighted by Crippen LogP contribution is -1.72. The number of hydrogen-bond acceptors (Lipinski definition) is 1. The molecule has 62 valence electrons. The fourth-order valence-corrected chi connectivity index (χ4v) is 1.01. The standard InChI is InChI=1S/C7H5N3.CH5P/c8-5-6-1-3-10-4-2-9-7(6)10;1-2/h1-4,9H;2H2,1H3. The van der Waals surface area contributed by atoms with Crippen LogP contribution in [-0.2, 0) is 0 Å². The highest BCUT2D eigenvalue weighted by Gasteiger charge is 1.98. The summed E-state index contributed by atoms with van der Waals surface area (Å²) in [6, 6.07) is 3.87. The maximum absolute atomic E-state index is 8.56. The lowest BCUT2D eigenvalue weighted by molar-refractivity contribution is 1.23. The van der Waals surface area contributed by atoms with Crippen LogP contribution in [0.15, 0.2) is 24.7 Å². The number of aromatic nitrogens is 2. The van der Waals surface area contributed by atoms with E-state index < -0.39 is 0 Å². The Bertz CT molecular complexity index is 394. The van der Waals surface area contributed by atoms with Gasteiger partial charge in [-0.25, -0.2) is 0 Å². The largest absolute Gasteiger partial charge is 0.345 e. The third-order valence-corrected chi connectivity index (χ3v) is 1.49. The molecule has 2 aromatic rings. The molecule has 0 saturated carbocycles. The normalized spacial score (nSPS) is 8.75. The van der Waals surface area contributed by atoms with Crippen LogP contribution in [0, 0.1) is 11.3 Å². The number of fused-ring (bicyclic) bond motifs is 1. The molecule has 1 atom stereocenters. The molecule has 0 spiro atoms. The highest BCUT2D eigenvalue weighted by Crippen LogP contribution is 2.07. The topological polar surface area (TPSA) is 44.0 Å². The maximum Gasteiger partial charge on any atom is 0.132 e. The number of hydrogen-bond donors (Lipinski definition) is 1. The number of nitrogens with one attached hydrogen (secondary N) is 1. The molecule has 0 aliphatic rings. The van der Waals surface area contributed by atoms with Gasteiger partial charge in [0, 0.05) is 18.6 Å². The molecule has 2 rings (SSSR count). The van der Waals surface area contributed by atoms with E-state index in [-0.39, 0.29) is 0 Å². The zero-order valence-corrected chi connectivity index (χ0v) is 7.94. The van der Waals surface area contributed by atoms with Crippen molar-refractivity contribution in [1.82, 2.24) is 9.38 Å². The number of rotatable bonds is 0. The summed E-state index contributed by atoms with van der Waals surface area (Å²) in [4.78, 5) is 2.96. The Morgan fingerprint density at radius 1 is 1.50 bits per heavy atom. The third kappa shape index (κ3) is 1.34. The Morgan fingerprint density at radius 2 is 2.25 bits per heavy atom. The van der Waals surface area contributed by atoms with Crippen molar-refractivity contribution in [3.8, 4) is 6.07 Å². The Hall–Kier alpha value is -1.26. The van der Waals surface area contributed by atoms with Crippen LogP contribution in [0.2, 0.25) is 0 Å². The van der Waals surface area contributed by atoms with E-state index in [1.807, 2.05) is 23.5 Å². The molecule has 0 radical (unpaired) electrons. The molecular formula is C8H10N3P. The smallest absolute Gasteiger partial charge is 0.132 e. The van der Waals surface area contributed by atoms with E-state index in [4.69, 9.17) is 5.26 Å². The first kappa shape index (κ1) is 8.83. The van der Waals surface area contributed by atoms with Crippen LogP contribution in [0.4, 0.5) is 0 Å². The predicted molar refractivity (Wildman–Crippen MR) is 52.1 cm³/mol. The number of aromatic amines is 1. The summed E-state index contributed by atoms with van der Waals surface area (Å²) < 4.78 is 1.87. The van der Waals surface area contributed by atoms with Crippen molar-refractivity contribution < 1.29 is 0 Å². The molecule has 1 N–H and O–H groups in total. The first-order valence-electron chi connectivity index (χ1n) is 3.53. The van der Waals surface area contributed by atoms with Crippen molar-refractivity contribution >= 4 is 14.9 Å². The minimum Gasteiger partial charge on any atom is -0.345 e. The highest BCUT2D eigenvalue weighted by atomic mass is 31.0. The SMILES string of the molecule is CP.N#Cc1ccn2cc[nH]c12. The lowest BCUT2D eigenvalue weighted by Gasteiger charge is -1.78. The second-order valence-corrected chi connectivity index (χ2v) is 2.06. The average molecular weight is 179 g/mol. The second kappa shape index (κ2) is 3.94. The van der Waals surface area contributed by atoms with Gasteiger partial charge in [-0.05, 0) is 6.07 Å². The van der Waals surface area contributed by atoms with Gasteiger partial charge < -0.3 is 9.38 Å². The van der Waals surface area contributed by atoms with Crippen molar-refractivity contribution in [3.05, 3.63) is 30.2 Å². The second-order valence-electron chi connectivity index (χ2n) is 2.06. The molecule has 0 amide bonds. The van der Waals surface area contributed by atoms with Gasteiger partial charge in [-0.15, -0.1) is 9.24 Å². The van der Waals surface area contributed by atoms with Gasteiger partial charge in [0.1, 0.15) is 11.7 Å². The summed E-state index contributed by atoms with van der Waals surface area (Å²) >= 11 is 0. The van der Waals surface area contributed by atoms with E-state index in [9.17, 15) is 0 Å². The molecule has 2 heterocycles. The van der Waals surface area contributed by atoms with Crippen molar-refractivity contribution in [2.45, 2.75) is 0 Å². The van der Waals surface area contributed by atoms with E-state index in [0.717, 1.165) is 5.65 Å². The maximum atomic E-state index is 8.56. The summed E-state index contributed by atoms with van der Waals surface area (Å²) in [7, 11) is 2.42.